The van der Waals surface area contributed by atoms with Crippen molar-refractivity contribution in [2.45, 2.75) is 90.1 Å². The number of nitrogens with zero attached hydrogens (tertiary/aromatic N) is 5. The quantitative estimate of drug-likeness (QED) is 0.189. The molecule has 6 rings (SSSR count). The summed E-state index contributed by atoms with van der Waals surface area (Å²) in [4.78, 5) is 11.2. The van der Waals surface area contributed by atoms with Crippen LogP contribution in [0.25, 0.3) is 11.0 Å². The predicted molar refractivity (Wildman–Crippen MR) is 164 cm³/mol. The molecule has 3 aliphatic heterocycles. The Labute approximate surface area is 261 Å². The second kappa shape index (κ2) is 11.2. The lowest BCUT2D eigenvalue weighted by Crippen LogP contribution is -2.59. The third-order valence-electron chi connectivity index (χ3n) is 7.40. The van der Waals surface area contributed by atoms with Gasteiger partial charge in [-0.3, -0.25) is 4.57 Å². The average molecular weight is 655 g/mol. The van der Waals surface area contributed by atoms with Gasteiger partial charge in [-0.05, 0) is 89.2 Å². The zero-order valence-electron chi connectivity index (χ0n) is 25.3. The largest absolute Gasteiger partial charge is 0.366 e. The van der Waals surface area contributed by atoms with Crippen LogP contribution in [0.3, 0.4) is 0 Å². The molecule has 0 N–H and O–H groups in total. The highest BCUT2D eigenvalue weighted by Gasteiger charge is 2.51. The second-order valence-electron chi connectivity index (χ2n) is 13.4. The molecule has 0 bridgehead atoms. The van der Waals surface area contributed by atoms with Crippen LogP contribution in [0.4, 0.5) is 5.82 Å². The van der Waals surface area contributed by atoms with Crippen molar-refractivity contribution in [2.75, 3.05) is 30.9 Å². The molecule has 0 aliphatic carbocycles. The lowest BCUT2D eigenvalue weighted by molar-refractivity contribution is -0.0585. The Balaban J connectivity index is 1.11. The number of hydrogen-bond donors (Lipinski definition) is 0. The second-order valence-corrected chi connectivity index (χ2v) is 16.0. The molecule has 11 nitrogen and oxygen atoms in total. The average Bonchev–Trinajstić information content (AvgIpc) is 3.56. The number of benzene rings is 1. The van der Waals surface area contributed by atoms with E-state index in [1.165, 1.54) is 5.56 Å². The molecule has 43 heavy (non-hydrogen) atoms. The fourth-order valence-corrected chi connectivity index (χ4v) is 8.42. The molecule has 3 aromatic rings. The van der Waals surface area contributed by atoms with Crippen molar-refractivity contribution in [2.24, 2.45) is 0 Å². The van der Waals surface area contributed by atoms with Crippen LogP contribution in [0.1, 0.15) is 71.7 Å². The van der Waals surface area contributed by atoms with Crippen LogP contribution in [-0.2, 0) is 40.0 Å². The van der Waals surface area contributed by atoms with Crippen LogP contribution in [0.2, 0.25) is 10.3 Å². The third kappa shape index (κ3) is 6.60. The summed E-state index contributed by atoms with van der Waals surface area (Å²) in [5.74, 6) is 0.712. The first-order chi connectivity index (χ1) is 20.1. The van der Waals surface area contributed by atoms with Gasteiger partial charge < -0.3 is 28.2 Å². The molecule has 1 aromatic carbocycles. The van der Waals surface area contributed by atoms with Crippen LogP contribution in [0.5, 0.6) is 0 Å². The molecular formula is C29H38Cl2N5O6P. The van der Waals surface area contributed by atoms with Crippen LogP contribution in [-0.4, -0.2) is 63.1 Å². The first kappa shape index (κ1) is 31.2. The highest BCUT2D eigenvalue weighted by molar-refractivity contribution is 7.53. The molecule has 3 aliphatic rings. The van der Waals surface area contributed by atoms with Crippen molar-refractivity contribution in [1.82, 2.24) is 19.7 Å². The highest BCUT2D eigenvalue weighted by Crippen LogP contribution is 2.54. The molecule has 0 unspecified atom stereocenters. The van der Waals surface area contributed by atoms with Crippen molar-refractivity contribution >= 4 is 47.6 Å². The van der Waals surface area contributed by atoms with E-state index in [0.717, 1.165) is 17.4 Å². The van der Waals surface area contributed by atoms with Gasteiger partial charge in [0.15, 0.2) is 11.9 Å². The van der Waals surface area contributed by atoms with Gasteiger partial charge in [0.25, 0.3) is 0 Å². The topological polar surface area (TPSA) is 110 Å². The Hall–Kier alpha value is -1.82. The lowest BCUT2D eigenvalue weighted by atomic mass is 9.85. The zero-order chi connectivity index (χ0) is 30.8. The molecule has 0 saturated carbocycles. The van der Waals surface area contributed by atoms with E-state index in [2.05, 4.69) is 20.0 Å². The number of halogens is 2. The summed E-state index contributed by atoms with van der Waals surface area (Å²) in [7, 11) is -3.51. The first-order valence-corrected chi connectivity index (χ1v) is 16.9. The molecule has 2 fully saturated rings. The molecule has 0 amide bonds. The summed E-state index contributed by atoms with van der Waals surface area (Å²) in [5, 5.41) is 6.25. The minimum Gasteiger partial charge on any atom is -0.366 e. The molecule has 2 aromatic heterocycles. The van der Waals surface area contributed by atoms with E-state index in [1.807, 2.05) is 59.7 Å². The van der Waals surface area contributed by atoms with Crippen molar-refractivity contribution < 1.29 is 27.8 Å². The fraction of sp³-hybridized carbons (Fsp3) is 0.621. The molecule has 2 saturated heterocycles. The van der Waals surface area contributed by atoms with E-state index >= 15 is 0 Å². The number of rotatable bonds is 8. The number of aromatic nitrogens is 4. The summed E-state index contributed by atoms with van der Waals surface area (Å²) in [5.41, 5.74) is 1.20. The van der Waals surface area contributed by atoms with Crippen molar-refractivity contribution in [3.63, 3.8) is 0 Å². The van der Waals surface area contributed by atoms with Gasteiger partial charge in [-0.25, -0.2) is 4.68 Å². The maximum Gasteiger partial charge on any atom is 0.357 e. The minimum atomic E-state index is -3.51. The standard InChI is InChI=1S/C29H38Cl2N5O6P/c1-27(2,3)41-43(37,42-28(4,5)6)17-38-14-20-8-10-23(40-20)36-25-21(12-32-36)24(33-26(31)34-25)35-15-29(16-35)22-9-7-19(30)11-18(22)13-39-29/h7,9,11-12,20,23H,8,10,13-17H2,1-6H3/t20-,23+/m0/s1. The summed E-state index contributed by atoms with van der Waals surface area (Å²) in [6, 6.07) is 5.92. The van der Waals surface area contributed by atoms with E-state index in [9.17, 15) is 4.57 Å². The van der Waals surface area contributed by atoms with Crippen molar-refractivity contribution in [1.29, 1.82) is 0 Å². The van der Waals surface area contributed by atoms with E-state index in [0.29, 0.717) is 42.6 Å². The first-order valence-electron chi connectivity index (χ1n) is 14.4. The van der Waals surface area contributed by atoms with Gasteiger partial charge in [-0.15, -0.1) is 0 Å². The van der Waals surface area contributed by atoms with Gasteiger partial charge in [0.2, 0.25) is 5.28 Å². The normalized spacial score (nSPS) is 22.0. The van der Waals surface area contributed by atoms with Gasteiger partial charge in [0.1, 0.15) is 17.8 Å². The Morgan fingerprint density at radius 2 is 1.79 bits per heavy atom. The van der Waals surface area contributed by atoms with E-state index in [-0.39, 0.29) is 36.2 Å². The molecule has 0 radical (unpaired) electrons. The van der Waals surface area contributed by atoms with Crippen LogP contribution in [0.15, 0.2) is 24.4 Å². The van der Waals surface area contributed by atoms with Crippen LogP contribution < -0.4 is 4.90 Å². The smallest absolute Gasteiger partial charge is 0.357 e. The van der Waals surface area contributed by atoms with Crippen molar-refractivity contribution in [3.8, 4) is 0 Å². The van der Waals surface area contributed by atoms with E-state index in [1.54, 1.807) is 10.9 Å². The Morgan fingerprint density at radius 1 is 1.07 bits per heavy atom. The van der Waals surface area contributed by atoms with Gasteiger partial charge in [-0.2, -0.15) is 15.1 Å². The number of ether oxygens (including phenoxy) is 3. The molecule has 2 atom stereocenters. The Kier molecular flexibility index (Phi) is 8.13. The zero-order valence-corrected chi connectivity index (χ0v) is 27.7. The van der Waals surface area contributed by atoms with Gasteiger partial charge in [0.05, 0.1) is 55.2 Å². The monoisotopic (exact) mass is 653 g/mol. The maximum absolute atomic E-state index is 13.5. The summed E-state index contributed by atoms with van der Waals surface area (Å²) in [6.07, 6.45) is 2.45. The van der Waals surface area contributed by atoms with Crippen molar-refractivity contribution in [3.05, 3.63) is 45.8 Å². The van der Waals surface area contributed by atoms with E-state index < -0.39 is 18.8 Å². The summed E-state index contributed by atoms with van der Waals surface area (Å²) in [6.45, 7) is 13.1. The fourth-order valence-electron chi connectivity index (χ4n) is 5.93. The number of fused-ring (bicyclic) bond motifs is 3. The molecular weight excluding hydrogens is 616 g/mol. The Bertz CT molecular complexity index is 1550. The molecule has 5 heterocycles. The summed E-state index contributed by atoms with van der Waals surface area (Å²) < 4.78 is 45.2. The minimum absolute atomic E-state index is 0.135. The number of hydrogen-bond acceptors (Lipinski definition) is 10. The predicted octanol–water partition coefficient (Wildman–Crippen LogP) is 6.85. The maximum atomic E-state index is 13.5. The van der Waals surface area contributed by atoms with Crippen LogP contribution in [0, 0.1) is 0 Å². The van der Waals surface area contributed by atoms with Gasteiger partial charge in [-0.1, -0.05) is 17.7 Å². The van der Waals surface area contributed by atoms with E-state index in [4.69, 9.17) is 46.5 Å². The lowest BCUT2D eigenvalue weighted by Gasteiger charge is -2.48. The van der Waals surface area contributed by atoms with Gasteiger partial charge in [0, 0.05) is 5.02 Å². The third-order valence-corrected chi connectivity index (χ3v) is 9.95. The highest BCUT2D eigenvalue weighted by atomic mass is 35.5. The number of anilines is 1. The van der Waals surface area contributed by atoms with Gasteiger partial charge >= 0.3 is 7.60 Å². The van der Waals surface area contributed by atoms with Crippen LogP contribution >= 0.6 is 30.8 Å². The molecule has 1 spiro atoms. The Morgan fingerprint density at radius 3 is 2.49 bits per heavy atom. The SMILES string of the molecule is CC(C)(C)OP(=O)(COC[C@@H]1CC[C@H](n2ncc3c(N4CC5(C4)OCc4cc(Cl)ccc45)nc(Cl)nc32)O1)OC(C)(C)C. The molecule has 14 heteroatoms. The summed E-state index contributed by atoms with van der Waals surface area (Å²) >= 11 is 12.6. The molecule has 234 valence electrons.